The number of methoxy groups -OCH3 is 1. The van der Waals surface area contributed by atoms with Crippen molar-refractivity contribution >= 4 is 16.9 Å². The van der Waals surface area contributed by atoms with E-state index in [1.165, 1.54) is 16.7 Å². The summed E-state index contributed by atoms with van der Waals surface area (Å²) < 4.78 is 5.48. The minimum absolute atomic E-state index is 0. The zero-order valence-electron chi connectivity index (χ0n) is 16.5. The van der Waals surface area contributed by atoms with Gasteiger partial charge in [-0.1, -0.05) is 5.57 Å². The first-order valence-electron chi connectivity index (χ1n) is 9.67. The zero-order chi connectivity index (χ0) is 19.1. The van der Waals surface area contributed by atoms with Gasteiger partial charge in [0.15, 0.2) is 0 Å². The van der Waals surface area contributed by atoms with Gasteiger partial charge in [0, 0.05) is 25.5 Å². The number of imidazole rings is 1. The molecule has 144 valence electrons. The summed E-state index contributed by atoms with van der Waals surface area (Å²) in [5.41, 5.74) is 6.56. The molecule has 2 heterocycles. The Morgan fingerprint density at radius 2 is 2.19 bits per heavy atom. The lowest BCUT2D eigenvalue weighted by Crippen LogP contribution is -2.47. The average Bonchev–Trinajstić information content (AvgIpc) is 3.28. The number of hydrogen-bond donors (Lipinski definition) is 1. The highest BCUT2D eigenvalue weighted by Gasteiger charge is 2.42. The molecule has 0 spiro atoms. The standard InChI is InChI=1S/C22H27N3O2.H2/c1-13-10-20-17(21(13)14(2)15(3)27-4)6-5-9-25(20)22(26)16-7-8-18-19(11-16)24-12-23-18;/h7-8,11-12,17,20H,5-6,9-10H2,1-4H3,(H,23,24);1H/b15-14+;/t17-,20-;/m0./s1. The van der Waals surface area contributed by atoms with E-state index in [0.717, 1.165) is 48.2 Å². The van der Waals surface area contributed by atoms with E-state index in [4.69, 9.17) is 4.74 Å². The molecule has 0 unspecified atom stereocenters. The summed E-state index contributed by atoms with van der Waals surface area (Å²) in [7, 11) is 1.73. The second kappa shape index (κ2) is 6.87. The normalized spacial score (nSPS) is 23.5. The molecule has 0 radical (unpaired) electrons. The van der Waals surface area contributed by atoms with Gasteiger partial charge in [-0.15, -0.1) is 0 Å². The van der Waals surface area contributed by atoms with E-state index < -0.39 is 0 Å². The van der Waals surface area contributed by atoms with E-state index in [0.29, 0.717) is 5.92 Å². The minimum atomic E-state index is 0. The van der Waals surface area contributed by atoms with E-state index in [-0.39, 0.29) is 13.4 Å². The van der Waals surface area contributed by atoms with Gasteiger partial charge in [-0.25, -0.2) is 4.98 Å². The first kappa shape index (κ1) is 17.8. The molecule has 1 aliphatic heterocycles. The SMILES string of the molecule is CO/C(C)=C(\C)C1=C(C)C[C@H]2[C@@H]1CCCN2C(=O)c1ccc2nc[nH]c2c1.[HH]. The van der Waals surface area contributed by atoms with Crippen LogP contribution in [0.4, 0.5) is 0 Å². The lowest BCUT2D eigenvalue weighted by Gasteiger charge is -2.39. The number of ether oxygens (including phenoxy) is 1. The van der Waals surface area contributed by atoms with Crippen molar-refractivity contribution in [2.24, 2.45) is 5.92 Å². The third kappa shape index (κ3) is 2.95. The predicted molar refractivity (Wildman–Crippen MR) is 108 cm³/mol. The van der Waals surface area contributed by atoms with Crippen molar-refractivity contribution in [3.05, 3.63) is 52.6 Å². The summed E-state index contributed by atoms with van der Waals surface area (Å²) in [4.78, 5) is 22.8. The quantitative estimate of drug-likeness (QED) is 0.801. The third-order valence-corrected chi connectivity index (χ3v) is 6.29. The lowest BCUT2D eigenvalue weighted by atomic mass is 9.84. The number of aromatic amines is 1. The number of carbonyl (C=O) groups is 1. The number of benzene rings is 1. The number of nitrogens with zero attached hydrogens (tertiary/aromatic N) is 2. The number of H-pyrrole nitrogens is 1. The minimum Gasteiger partial charge on any atom is -0.501 e. The number of fused-ring (bicyclic) bond motifs is 2. The van der Waals surface area contributed by atoms with Crippen molar-refractivity contribution in [3.8, 4) is 0 Å². The van der Waals surface area contributed by atoms with Crippen molar-refractivity contribution in [1.82, 2.24) is 14.9 Å². The van der Waals surface area contributed by atoms with Crippen LogP contribution in [0.2, 0.25) is 0 Å². The summed E-state index contributed by atoms with van der Waals surface area (Å²) in [5, 5.41) is 0. The van der Waals surface area contributed by atoms with E-state index in [1.54, 1.807) is 13.4 Å². The Bertz CT molecular complexity index is 960. The highest BCUT2D eigenvalue weighted by Crippen LogP contribution is 2.45. The third-order valence-electron chi connectivity index (χ3n) is 6.29. The molecule has 1 aromatic carbocycles. The second-order valence-electron chi connectivity index (χ2n) is 7.73. The van der Waals surface area contributed by atoms with Gasteiger partial charge in [0.25, 0.3) is 5.91 Å². The Balaban J connectivity index is 0.00000225. The van der Waals surface area contributed by atoms with Gasteiger partial charge in [-0.2, -0.15) is 0 Å². The number of nitrogens with one attached hydrogen (secondary N) is 1. The Morgan fingerprint density at radius 3 is 2.96 bits per heavy atom. The Kier molecular flexibility index (Phi) is 4.54. The molecule has 1 amide bonds. The van der Waals surface area contributed by atoms with E-state index >= 15 is 0 Å². The molecule has 2 atom stereocenters. The molecule has 27 heavy (non-hydrogen) atoms. The lowest BCUT2D eigenvalue weighted by molar-refractivity contribution is 0.0563. The molecule has 1 N–H and O–H groups in total. The number of allylic oxidation sites excluding steroid dienone is 2. The first-order chi connectivity index (χ1) is 13.0. The van der Waals surface area contributed by atoms with Gasteiger partial charge in [-0.3, -0.25) is 4.79 Å². The number of amides is 1. The molecule has 1 saturated heterocycles. The van der Waals surface area contributed by atoms with Crippen molar-refractivity contribution in [2.75, 3.05) is 13.7 Å². The fourth-order valence-corrected chi connectivity index (χ4v) is 4.81. The molecular formula is C22H29N3O2. The van der Waals surface area contributed by atoms with Gasteiger partial charge in [0.05, 0.1) is 30.2 Å². The molecule has 1 fully saturated rings. The van der Waals surface area contributed by atoms with Crippen molar-refractivity contribution in [3.63, 3.8) is 0 Å². The average molecular weight is 367 g/mol. The first-order valence-corrected chi connectivity index (χ1v) is 9.67. The van der Waals surface area contributed by atoms with Gasteiger partial charge >= 0.3 is 0 Å². The van der Waals surface area contributed by atoms with Crippen LogP contribution in [-0.2, 0) is 4.74 Å². The van der Waals surface area contributed by atoms with Crippen LogP contribution in [0.3, 0.4) is 0 Å². The van der Waals surface area contributed by atoms with E-state index in [2.05, 4.69) is 28.7 Å². The number of aromatic nitrogens is 2. The van der Waals surface area contributed by atoms with Crippen LogP contribution in [-0.4, -0.2) is 40.5 Å². The van der Waals surface area contributed by atoms with Gasteiger partial charge in [0.2, 0.25) is 0 Å². The largest absolute Gasteiger partial charge is 0.501 e. The maximum absolute atomic E-state index is 13.3. The van der Waals surface area contributed by atoms with Crippen LogP contribution in [0.1, 0.15) is 51.8 Å². The molecule has 2 aromatic rings. The number of rotatable bonds is 3. The van der Waals surface area contributed by atoms with Crippen LogP contribution >= 0.6 is 0 Å². The fourth-order valence-electron chi connectivity index (χ4n) is 4.81. The number of hydrogen-bond acceptors (Lipinski definition) is 3. The van der Waals surface area contributed by atoms with Crippen LogP contribution in [0, 0.1) is 5.92 Å². The van der Waals surface area contributed by atoms with Crippen molar-refractivity contribution < 1.29 is 11.0 Å². The highest BCUT2D eigenvalue weighted by molar-refractivity contribution is 5.97. The van der Waals surface area contributed by atoms with Crippen LogP contribution in [0.25, 0.3) is 11.0 Å². The van der Waals surface area contributed by atoms with Crippen LogP contribution in [0.5, 0.6) is 0 Å². The number of piperidine rings is 1. The molecule has 2 aliphatic rings. The number of carbonyl (C=O) groups excluding carboxylic acids is 1. The van der Waals surface area contributed by atoms with E-state index in [9.17, 15) is 4.79 Å². The summed E-state index contributed by atoms with van der Waals surface area (Å²) in [6.07, 6.45) is 4.79. The molecular weight excluding hydrogens is 338 g/mol. The second-order valence-corrected chi connectivity index (χ2v) is 7.73. The predicted octanol–water partition coefficient (Wildman–Crippen LogP) is 4.69. The van der Waals surface area contributed by atoms with Crippen molar-refractivity contribution in [2.45, 2.75) is 46.1 Å². The highest BCUT2D eigenvalue weighted by atomic mass is 16.5. The number of likely N-dealkylation sites (tertiary alicyclic amines) is 1. The molecule has 1 aliphatic carbocycles. The Hall–Kier alpha value is -2.56. The molecule has 5 nitrogen and oxygen atoms in total. The molecule has 0 bridgehead atoms. The van der Waals surface area contributed by atoms with Gasteiger partial charge in [0.1, 0.15) is 0 Å². The topological polar surface area (TPSA) is 58.2 Å². The Morgan fingerprint density at radius 1 is 1.37 bits per heavy atom. The van der Waals surface area contributed by atoms with Crippen LogP contribution in [0.15, 0.2) is 47.0 Å². The van der Waals surface area contributed by atoms with Crippen molar-refractivity contribution in [1.29, 1.82) is 0 Å². The fraction of sp³-hybridized carbons (Fsp3) is 0.455. The molecule has 1 aromatic heterocycles. The zero-order valence-corrected chi connectivity index (χ0v) is 16.5. The maximum atomic E-state index is 13.3. The molecule has 5 heteroatoms. The summed E-state index contributed by atoms with van der Waals surface area (Å²) in [5.74, 6) is 1.50. The monoisotopic (exact) mass is 367 g/mol. The smallest absolute Gasteiger partial charge is 0.254 e. The van der Waals surface area contributed by atoms with Gasteiger partial charge in [-0.05, 0) is 69.4 Å². The summed E-state index contributed by atoms with van der Waals surface area (Å²) in [6.45, 7) is 7.20. The van der Waals surface area contributed by atoms with E-state index in [1.807, 2.05) is 25.1 Å². The van der Waals surface area contributed by atoms with Gasteiger partial charge < -0.3 is 14.6 Å². The molecule has 4 rings (SSSR count). The summed E-state index contributed by atoms with van der Waals surface area (Å²) in [6, 6.07) is 5.98. The maximum Gasteiger partial charge on any atom is 0.254 e. The van der Waals surface area contributed by atoms with Crippen LogP contribution < -0.4 is 0 Å². The summed E-state index contributed by atoms with van der Waals surface area (Å²) >= 11 is 0. The Labute approximate surface area is 161 Å². The molecule has 0 saturated carbocycles.